The van der Waals surface area contributed by atoms with Gasteiger partial charge in [-0.25, -0.2) is 0 Å². The maximum atomic E-state index is 11.7. The molecule has 0 aliphatic heterocycles. The fraction of sp³-hybridized carbons (Fsp3) is 0.588. The van der Waals surface area contributed by atoms with Crippen LogP contribution in [0.2, 0.25) is 0 Å². The summed E-state index contributed by atoms with van der Waals surface area (Å²) in [4.78, 5) is 11.7. The summed E-state index contributed by atoms with van der Waals surface area (Å²) >= 11 is 0. The number of carbonyl (C=O) groups is 1. The average molecular weight is 244 g/mol. The van der Waals surface area contributed by atoms with Gasteiger partial charge in [0.15, 0.2) is 0 Å². The molecular formula is C17H24O. The molecule has 1 fully saturated rings. The fourth-order valence-electron chi connectivity index (χ4n) is 2.92. The van der Waals surface area contributed by atoms with Gasteiger partial charge in [0.2, 0.25) is 0 Å². The first-order chi connectivity index (χ1) is 8.65. The van der Waals surface area contributed by atoms with E-state index in [9.17, 15) is 4.79 Å². The third-order valence-electron chi connectivity index (χ3n) is 3.80. The van der Waals surface area contributed by atoms with Crippen molar-refractivity contribution in [2.24, 2.45) is 5.92 Å². The van der Waals surface area contributed by atoms with Gasteiger partial charge >= 0.3 is 0 Å². The van der Waals surface area contributed by atoms with Crippen molar-refractivity contribution < 1.29 is 4.79 Å². The number of hydrogen-bond donors (Lipinski definition) is 0. The smallest absolute Gasteiger partial charge is 0.133 e. The zero-order valence-corrected chi connectivity index (χ0v) is 11.6. The third kappa shape index (κ3) is 3.69. The first-order valence-corrected chi connectivity index (χ1v) is 7.25. The van der Waals surface area contributed by atoms with Gasteiger partial charge in [-0.15, -0.1) is 0 Å². The normalized spacial score (nSPS) is 21.1. The molecule has 1 saturated carbocycles. The second-order valence-electron chi connectivity index (χ2n) is 6.03. The summed E-state index contributed by atoms with van der Waals surface area (Å²) in [6.07, 6.45) is 6.14. The van der Waals surface area contributed by atoms with E-state index in [0.29, 0.717) is 17.6 Å². The number of benzene rings is 1. The Labute approximate surface area is 111 Å². The summed E-state index contributed by atoms with van der Waals surface area (Å²) in [6, 6.07) is 8.89. The van der Waals surface area contributed by atoms with Crippen LogP contribution >= 0.6 is 0 Å². The van der Waals surface area contributed by atoms with E-state index >= 15 is 0 Å². The zero-order chi connectivity index (χ0) is 13.0. The van der Waals surface area contributed by atoms with Crippen molar-refractivity contribution >= 4 is 5.78 Å². The molecule has 1 aromatic rings. The van der Waals surface area contributed by atoms with Crippen molar-refractivity contribution in [3.05, 3.63) is 35.4 Å². The average Bonchev–Trinajstić information content (AvgIpc) is 2.53. The standard InChI is InChI=1S/C17H24O/c1-13(2)10-14-6-5-8-15(11-14)16-7-3-4-9-17(18)12-16/h5-6,8,11,13,16H,3-4,7,9-10,12H2,1-2H3. The highest BCUT2D eigenvalue weighted by molar-refractivity contribution is 5.79. The van der Waals surface area contributed by atoms with Crippen molar-refractivity contribution in [3.63, 3.8) is 0 Å². The number of hydrogen-bond acceptors (Lipinski definition) is 1. The summed E-state index contributed by atoms with van der Waals surface area (Å²) in [5.41, 5.74) is 2.79. The van der Waals surface area contributed by atoms with Gasteiger partial charge < -0.3 is 0 Å². The van der Waals surface area contributed by atoms with Crippen LogP contribution in [0, 0.1) is 5.92 Å². The molecule has 1 unspecified atom stereocenters. The van der Waals surface area contributed by atoms with E-state index in [1.54, 1.807) is 0 Å². The van der Waals surface area contributed by atoms with Gasteiger partial charge in [-0.2, -0.15) is 0 Å². The molecule has 0 aromatic heterocycles. The van der Waals surface area contributed by atoms with Crippen LogP contribution in [0.3, 0.4) is 0 Å². The Morgan fingerprint density at radius 2 is 2.11 bits per heavy atom. The molecule has 0 amide bonds. The van der Waals surface area contributed by atoms with Gasteiger partial charge in [0.1, 0.15) is 5.78 Å². The summed E-state index contributed by atoms with van der Waals surface area (Å²) < 4.78 is 0. The van der Waals surface area contributed by atoms with Gasteiger partial charge in [-0.05, 0) is 42.2 Å². The monoisotopic (exact) mass is 244 g/mol. The van der Waals surface area contributed by atoms with E-state index in [0.717, 1.165) is 25.7 Å². The van der Waals surface area contributed by atoms with Crippen LogP contribution in [-0.2, 0) is 11.2 Å². The SMILES string of the molecule is CC(C)Cc1cccc(C2CCCCC(=O)C2)c1. The molecule has 0 saturated heterocycles. The minimum absolute atomic E-state index is 0.451. The highest BCUT2D eigenvalue weighted by atomic mass is 16.1. The van der Waals surface area contributed by atoms with Crippen LogP contribution in [-0.4, -0.2) is 5.78 Å². The Morgan fingerprint density at radius 1 is 1.28 bits per heavy atom. The van der Waals surface area contributed by atoms with Crippen LogP contribution < -0.4 is 0 Å². The molecule has 1 heteroatoms. The van der Waals surface area contributed by atoms with E-state index < -0.39 is 0 Å². The fourth-order valence-corrected chi connectivity index (χ4v) is 2.92. The van der Waals surface area contributed by atoms with Crippen LogP contribution in [0.5, 0.6) is 0 Å². The number of Topliss-reactive ketones (excluding diaryl/α,β-unsaturated/α-hetero) is 1. The Kier molecular flexibility index (Phi) is 4.57. The van der Waals surface area contributed by atoms with Crippen molar-refractivity contribution in [1.82, 2.24) is 0 Å². The van der Waals surface area contributed by atoms with Gasteiger partial charge in [0.25, 0.3) is 0 Å². The molecule has 98 valence electrons. The van der Waals surface area contributed by atoms with E-state index in [2.05, 4.69) is 38.1 Å². The van der Waals surface area contributed by atoms with E-state index in [-0.39, 0.29) is 0 Å². The minimum atomic E-state index is 0.451. The topological polar surface area (TPSA) is 17.1 Å². The van der Waals surface area contributed by atoms with E-state index in [1.807, 2.05) is 0 Å². The van der Waals surface area contributed by atoms with E-state index in [1.165, 1.54) is 24.0 Å². The van der Waals surface area contributed by atoms with Crippen molar-refractivity contribution in [1.29, 1.82) is 0 Å². The Hall–Kier alpha value is -1.11. The van der Waals surface area contributed by atoms with Crippen molar-refractivity contribution in [3.8, 4) is 0 Å². The molecular weight excluding hydrogens is 220 g/mol. The lowest BCUT2D eigenvalue weighted by Gasteiger charge is -2.15. The predicted molar refractivity (Wildman–Crippen MR) is 75.8 cm³/mol. The van der Waals surface area contributed by atoms with Crippen LogP contribution in [0.15, 0.2) is 24.3 Å². The number of carbonyl (C=O) groups excluding carboxylic acids is 1. The van der Waals surface area contributed by atoms with Crippen LogP contribution in [0.1, 0.15) is 63.0 Å². The number of rotatable bonds is 3. The summed E-state index contributed by atoms with van der Waals surface area (Å²) in [6.45, 7) is 4.50. The lowest BCUT2D eigenvalue weighted by molar-refractivity contribution is -0.119. The Bertz CT molecular complexity index is 406. The molecule has 1 aromatic carbocycles. The summed E-state index contributed by atoms with van der Waals surface area (Å²) in [5, 5.41) is 0. The highest BCUT2D eigenvalue weighted by Crippen LogP contribution is 2.30. The second kappa shape index (κ2) is 6.17. The largest absolute Gasteiger partial charge is 0.300 e. The minimum Gasteiger partial charge on any atom is -0.300 e. The van der Waals surface area contributed by atoms with Crippen molar-refractivity contribution in [2.75, 3.05) is 0 Å². The third-order valence-corrected chi connectivity index (χ3v) is 3.80. The van der Waals surface area contributed by atoms with Crippen LogP contribution in [0.4, 0.5) is 0 Å². The summed E-state index contributed by atoms with van der Waals surface area (Å²) in [5.74, 6) is 1.61. The maximum absolute atomic E-state index is 11.7. The molecule has 18 heavy (non-hydrogen) atoms. The first kappa shape index (κ1) is 13.3. The van der Waals surface area contributed by atoms with Crippen molar-refractivity contribution in [2.45, 2.75) is 58.3 Å². The summed E-state index contributed by atoms with van der Waals surface area (Å²) in [7, 11) is 0. The Balaban J connectivity index is 2.13. The quantitative estimate of drug-likeness (QED) is 0.715. The van der Waals surface area contributed by atoms with Gasteiger partial charge in [0.05, 0.1) is 0 Å². The maximum Gasteiger partial charge on any atom is 0.133 e. The second-order valence-corrected chi connectivity index (χ2v) is 6.03. The van der Waals surface area contributed by atoms with Gasteiger partial charge in [0, 0.05) is 12.8 Å². The number of ketones is 1. The molecule has 2 rings (SSSR count). The zero-order valence-electron chi connectivity index (χ0n) is 11.6. The lowest BCUT2D eigenvalue weighted by Crippen LogP contribution is -2.04. The van der Waals surface area contributed by atoms with Gasteiger partial charge in [-0.1, -0.05) is 44.5 Å². The molecule has 0 bridgehead atoms. The van der Waals surface area contributed by atoms with Crippen LogP contribution in [0.25, 0.3) is 0 Å². The Morgan fingerprint density at radius 3 is 2.89 bits per heavy atom. The molecule has 0 spiro atoms. The predicted octanol–water partition coefficient (Wildman–Crippen LogP) is 4.50. The highest BCUT2D eigenvalue weighted by Gasteiger charge is 2.19. The first-order valence-electron chi connectivity index (χ1n) is 7.25. The molecule has 0 radical (unpaired) electrons. The molecule has 1 nitrogen and oxygen atoms in total. The molecule has 1 aliphatic carbocycles. The van der Waals surface area contributed by atoms with Gasteiger partial charge in [-0.3, -0.25) is 4.79 Å². The molecule has 0 heterocycles. The lowest BCUT2D eigenvalue weighted by atomic mass is 9.89. The molecule has 0 N–H and O–H groups in total. The molecule has 1 aliphatic rings. The van der Waals surface area contributed by atoms with E-state index in [4.69, 9.17) is 0 Å². The molecule has 1 atom stereocenters.